The number of para-hydroxylation sites is 1. The van der Waals surface area contributed by atoms with Crippen molar-refractivity contribution in [1.29, 1.82) is 0 Å². The van der Waals surface area contributed by atoms with Crippen LogP contribution in [0.3, 0.4) is 0 Å². The Balaban J connectivity index is 0.00000640. The molecule has 370 valence electrons. The van der Waals surface area contributed by atoms with Gasteiger partial charge < -0.3 is 19.1 Å². The van der Waals surface area contributed by atoms with Crippen molar-refractivity contribution in [3.63, 3.8) is 0 Å². The second-order valence-electron chi connectivity index (χ2n) is 23.6. The Morgan fingerprint density at radius 3 is 1.72 bits per heavy atom. The average Bonchev–Trinajstić information content (AvgIpc) is 3.89. The SMILES string of the molecule is CC(C)(C)c1ccnc(-n2c3[c-]c(Oc4[c-]c(N5[CH-]N(c6cccc(C(C)(C)c7ccccc7)c6)c6ccc(C(C)(C)C)cc65)cc(C(C)(C)c5ccccc5)c4)cc(C(C)(C)C)c3c3ccccc32)c1.[Pt]. The van der Waals surface area contributed by atoms with Gasteiger partial charge in [-0.25, -0.2) is 4.98 Å². The van der Waals surface area contributed by atoms with Crippen molar-refractivity contribution in [2.45, 2.75) is 117 Å². The molecule has 0 fully saturated rings. The average molecular weight is 1130 g/mol. The largest absolute Gasteiger partial charge is 0.509 e. The number of ether oxygens (including phenoxy) is 1. The number of pyridine rings is 1. The molecule has 3 heterocycles. The van der Waals surface area contributed by atoms with Crippen molar-refractivity contribution in [3.05, 3.63) is 222 Å². The number of benzene rings is 7. The van der Waals surface area contributed by atoms with Crippen molar-refractivity contribution >= 4 is 44.6 Å². The normalized spacial score (nSPS) is 13.4. The maximum atomic E-state index is 7.23. The Morgan fingerprint density at radius 1 is 0.472 bits per heavy atom. The maximum Gasteiger partial charge on any atom is 0.135 e. The summed E-state index contributed by atoms with van der Waals surface area (Å²) in [6.45, 7) is 31.8. The molecular weight excluding hydrogens is 1060 g/mol. The molecule has 1 aliphatic heterocycles. The van der Waals surface area contributed by atoms with Crippen molar-refractivity contribution in [1.82, 2.24) is 9.55 Å². The standard InChI is InChI=1S/C66H67N4O.Pt/c1-62(2,3)46-31-32-57-58(38-46)69(43-68(57)50-28-22-27-48(35-50)65(10,11)44-23-16-14-17-24-44)51-36-49(66(12,13)45-25-18-15-19-26-45)37-52(40-51)71-53-41-55(64(7,8)9)61-54-29-20-21-30-56(54)70(59(61)42-53)60-39-47(33-34-67-60)63(4,5)6;/h14-39,41,43H,1-13H3;/q-3;. The van der Waals surface area contributed by atoms with Crippen LogP contribution in [0.2, 0.25) is 0 Å². The number of fused-ring (bicyclic) bond motifs is 4. The van der Waals surface area contributed by atoms with Gasteiger partial charge in [-0.2, -0.15) is 0 Å². The van der Waals surface area contributed by atoms with E-state index in [9.17, 15) is 0 Å². The fourth-order valence-corrected chi connectivity index (χ4v) is 10.2. The molecule has 10 rings (SSSR count). The van der Waals surface area contributed by atoms with Gasteiger partial charge in [-0.1, -0.05) is 198 Å². The number of hydrogen-bond donors (Lipinski definition) is 0. The molecule has 0 unspecified atom stereocenters. The predicted molar refractivity (Wildman–Crippen MR) is 297 cm³/mol. The number of nitrogens with zero attached hydrogens (tertiary/aromatic N) is 4. The minimum absolute atomic E-state index is 0. The molecule has 2 aromatic heterocycles. The fraction of sp³-hybridized carbons (Fsp3) is 0.273. The molecule has 1 aliphatic rings. The quantitative estimate of drug-likeness (QED) is 0.135. The third-order valence-electron chi connectivity index (χ3n) is 14.8. The zero-order chi connectivity index (χ0) is 50.3. The molecule has 0 saturated carbocycles. The van der Waals surface area contributed by atoms with Gasteiger partial charge >= 0.3 is 0 Å². The molecule has 9 aromatic rings. The molecular formula is C66H67N4OPt-3. The van der Waals surface area contributed by atoms with Gasteiger partial charge in [-0.3, -0.25) is 0 Å². The number of aromatic nitrogens is 2. The molecule has 5 nitrogen and oxygen atoms in total. The van der Waals surface area contributed by atoms with E-state index in [0.717, 1.165) is 55.9 Å². The zero-order valence-electron chi connectivity index (χ0n) is 44.2. The fourth-order valence-electron chi connectivity index (χ4n) is 10.2. The van der Waals surface area contributed by atoms with Gasteiger partial charge in [-0.15, -0.1) is 53.8 Å². The van der Waals surface area contributed by atoms with E-state index in [0.29, 0.717) is 11.5 Å². The third kappa shape index (κ3) is 9.30. The van der Waals surface area contributed by atoms with E-state index < -0.39 is 5.41 Å². The van der Waals surface area contributed by atoms with Gasteiger partial charge in [0.25, 0.3) is 0 Å². The third-order valence-corrected chi connectivity index (χ3v) is 14.8. The molecule has 0 spiro atoms. The first kappa shape index (κ1) is 50.5. The van der Waals surface area contributed by atoms with Crippen LogP contribution in [-0.4, -0.2) is 9.55 Å². The van der Waals surface area contributed by atoms with Crippen LogP contribution in [0, 0.1) is 18.8 Å². The summed E-state index contributed by atoms with van der Waals surface area (Å²) >= 11 is 0. The minimum atomic E-state index is -0.392. The van der Waals surface area contributed by atoms with E-state index in [2.05, 4.69) is 281 Å². The zero-order valence-corrected chi connectivity index (χ0v) is 46.5. The van der Waals surface area contributed by atoms with Gasteiger partial charge in [0.2, 0.25) is 0 Å². The Labute approximate surface area is 443 Å². The first-order chi connectivity index (χ1) is 33.6. The Hall–Kier alpha value is -6.42. The van der Waals surface area contributed by atoms with E-state index in [1.165, 1.54) is 33.4 Å². The Kier molecular flexibility index (Phi) is 13.0. The Morgan fingerprint density at radius 2 is 1.07 bits per heavy atom. The maximum absolute atomic E-state index is 7.23. The van der Waals surface area contributed by atoms with Gasteiger partial charge in [0.05, 0.1) is 0 Å². The summed E-state index contributed by atoms with van der Waals surface area (Å²) in [7, 11) is 0. The van der Waals surface area contributed by atoms with E-state index in [1.807, 2.05) is 6.20 Å². The van der Waals surface area contributed by atoms with Gasteiger partial charge in [-0.05, 0) is 97.3 Å². The molecule has 72 heavy (non-hydrogen) atoms. The van der Waals surface area contributed by atoms with Crippen LogP contribution < -0.4 is 14.5 Å². The summed E-state index contributed by atoms with van der Waals surface area (Å²) in [5.41, 5.74) is 13.7. The minimum Gasteiger partial charge on any atom is -0.509 e. The van der Waals surface area contributed by atoms with Gasteiger partial charge in [0.1, 0.15) is 5.82 Å². The summed E-state index contributed by atoms with van der Waals surface area (Å²) in [4.78, 5) is 9.64. The first-order valence-corrected chi connectivity index (χ1v) is 25.1. The van der Waals surface area contributed by atoms with Crippen molar-refractivity contribution in [2.24, 2.45) is 0 Å². The molecule has 0 saturated heterocycles. The summed E-state index contributed by atoms with van der Waals surface area (Å²) in [6.07, 6.45) is 1.93. The second kappa shape index (κ2) is 18.6. The number of rotatable bonds is 9. The number of anilines is 4. The molecule has 0 amide bonds. The molecule has 0 aliphatic carbocycles. The molecule has 0 atom stereocenters. The van der Waals surface area contributed by atoms with E-state index in [-0.39, 0.29) is 42.7 Å². The van der Waals surface area contributed by atoms with Crippen LogP contribution in [0.4, 0.5) is 22.7 Å². The van der Waals surface area contributed by atoms with E-state index in [4.69, 9.17) is 9.72 Å². The monoisotopic (exact) mass is 1130 g/mol. The molecule has 0 bridgehead atoms. The molecule has 7 aromatic carbocycles. The molecule has 6 heteroatoms. The van der Waals surface area contributed by atoms with Crippen LogP contribution in [0.1, 0.15) is 129 Å². The van der Waals surface area contributed by atoms with Crippen molar-refractivity contribution in [2.75, 3.05) is 9.80 Å². The topological polar surface area (TPSA) is 33.5 Å². The van der Waals surface area contributed by atoms with E-state index >= 15 is 0 Å². The van der Waals surface area contributed by atoms with E-state index in [1.54, 1.807) is 0 Å². The van der Waals surface area contributed by atoms with Crippen LogP contribution in [0.15, 0.2) is 164 Å². The van der Waals surface area contributed by atoms with Crippen LogP contribution >= 0.6 is 0 Å². The van der Waals surface area contributed by atoms with Gasteiger partial charge in [0, 0.05) is 66.8 Å². The predicted octanol–water partition coefficient (Wildman–Crippen LogP) is 17.5. The molecule has 0 N–H and O–H groups in total. The van der Waals surface area contributed by atoms with Crippen molar-refractivity contribution < 1.29 is 25.8 Å². The number of hydrogen-bond acceptors (Lipinski definition) is 4. The van der Waals surface area contributed by atoms with Crippen molar-refractivity contribution in [3.8, 4) is 17.3 Å². The van der Waals surface area contributed by atoms with Crippen LogP contribution in [0.25, 0.3) is 27.6 Å². The summed E-state index contributed by atoms with van der Waals surface area (Å²) in [6, 6.07) is 64.8. The smallest absolute Gasteiger partial charge is 0.135 e. The van der Waals surface area contributed by atoms with Crippen LogP contribution in [-0.2, 0) is 48.1 Å². The van der Waals surface area contributed by atoms with Gasteiger partial charge in [0.15, 0.2) is 0 Å². The summed E-state index contributed by atoms with van der Waals surface area (Å²) in [5, 5.41) is 2.32. The second-order valence-corrected chi connectivity index (χ2v) is 23.6. The summed E-state index contributed by atoms with van der Waals surface area (Å²) in [5.74, 6) is 2.09. The molecule has 0 radical (unpaired) electrons. The Bertz CT molecular complexity index is 3440. The van der Waals surface area contributed by atoms with Crippen LogP contribution in [0.5, 0.6) is 11.5 Å². The summed E-state index contributed by atoms with van der Waals surface area (Å²) < 4.78 is 9.50. The first-order valence-electron chi connectivity index (χ1n) is 25.1.